The number of ether oxygens (including phenoxy) is 1. The first-order chi connectivity index (χ1) is 22.0. The maximum Gasteiger partial charge on any atom is 0.341 e. The summed E-state index contributed by atoms with van der Waals surface area (Å²) in [5.74, 6) is -0.347. The summed E-state index contributed by atoms with van der Waals surface area (Å²) >= 11 is 0. The molecule has 1 aliphatic heterocycles. The zero-order valence-corrected chi connectivity index (χ0v) is 29.5. The molecule has 0 N–H and O–H groups in total. The van der Waals surface area contributed by atoms with Crippen LogP contribution >= 0.6 is 0 Å². The summed E-state index contributed by atoms with van der Waals surface area (Å²) in [5.41, 5.74) is 6.15. The minimum absolute atomic E-state index is 0.00255. The second-order valence-corrected chi connectivity index (χ2v) is 18.6. The Kier molecular flexibility index (Phi) is 10.2. The summed E-state index contributed by atoms with van der Waals surface area (Å²) in [6.07, 6.45) is 4.25. The largest absolute Gasteiger partial charge is 0.462 e. The van der Waals surface area contributed by atoms with Crippen molar-refractivity contribution >= 4 is 14.3 Å². The smallest absolute Gasteiger partial charge is 0.341 e. The number of rotatable bonds is 10. The molecule has 242 valence electrons. The Bertz CT molecular complexity index is 1530. The summed E-state index contributed by atoms with van der Waals surface area (Å²) in [5, 5.41) is 4.62. The molecular weight excluding hydrogens is 587 g/mol. The molecule has 0 amide bonds. The molecule has 1 aliphatic rings. The van der Waals surface area contributed by atoms with Crippen molar-refractivity contribution in [2.45, 2.75) is 77.4 Å². The van der Waals surface area contributed by atoms with Crippen LogP contribution in [0.5, 0.6) is 0 Å². The highest BCUT2D eigenvalue weighted by atomic mass is 28.4. The molecule has 3 aromatic carbocycles. The van der Waals surface area contributed by atoms with E-state index in [2.05, 4.69) is 142 Å². The predicted octanol–water partition coefficient (Wildman–Crippen LogP) is 8.46. The summed E-state index contributed by atoms with van der Waals surface area (Å²) in [6, 6.07) is 32.7. The Morgan fingerprint density at radius 3 is 1.89 bits per heavy atom. The maximum absolute atomic E-state index is 12.4. The van der Waals surface area contributed by atoms with E-state index in [1.807, 2.05) is 11.6 Å². The van der Waals surface area contributed by atoms with Gasteiger partial charge in [0, 0.05) is 19.3 Å². The molecule has 1 unspecified atom stereocenters. The van der Waals surface area contributed by atoms with Gasteiger partial charge in [-0.1, -0.05) is 112 Å². The van der Waals surface area contributed by atoms with Crippen molar-refractivity contribution < 1.29 is 14.0 Å². The second kappa shape index (κ2) is 13.9. The van der Waals surface area contributed by atoms with Gasteiger partial charge in [-0.3, -0.25) is 9.58 Å². The zero-order valence-electron chi connectivity index (χ0n) is 28.5. The molecule has 1 fully saturated rings. The Morgan fingerprint density at radius 2 is 1.41 bits per heavy atom. The minimum atomic E-state index is -2.09. The van der Waals surface area contributed by atoms with Crippen molar-refractivity contribution in [2.75, 3.05) is 19.7 Å². The number of piperidine rings is 1. The number of aromatic nitrogens is 2. The zero-order chi connectivity index (χ0) is 33.0. The molecule has 1 aromatic heterocycles. The van der Waals surface area contributed by atoms with Gasteiger partial charge < -0.3 is 9.16 Å². The van der Waals surface area contributed by atoms with Crippen molar-refractivity contribution in [2.24, 2.45) is 0 Å². The fraction of sp³-hybridized carbons (Fsp3) is 0.385. The van der Waals surface area contributed by atoms with Crippen molar-refractivity contribution in [1.82, 2.24) is 14.7 Å². The standard InChI is InChI=1S/C39H49N3O3Si/c1-8-44-37(43)31-26-40-42(28-31)27-30(2)35-29-41(25-24-36(35)45-46(6,7)38(3,4)5)39(32-18-12-9-13-19-32,33-20-14-10-15-21-33)34-22-16-11-17-23-34/h9-23,26,28,36H,8,24-25,27,29H2,1-7H3. The average Bonchev–Trinajstić information content (AvgIpc) is 3.51. The van der Waals surface area contributed by atoms with E-state index in [0.29, 0.717) is 18.7 Å². The predicted molar refractivity (Wildman–Crippen MR) is 188 cm³/mol. The van der Waals surface area contributed by atoms with E-state index in [1.165, 1.54) is 27.8 Å². The molecule has 2 heterocycles. The summed E-state index contributed by atoms with van der Waals surface area (Å²) in [7, 11) is -2.09. The van der Waals surface area contributed by atoms with Gasteiger partial charge in [0.05, 0.1) is 36.6 Å². The first-order valence-electron chi connectivity index (χ1n) is 16.4. The van der Waals surface area contributed by atoms with Gasteiger partial charge in [-0.15, -0.1) is 0 Å². The van der Waals surface area contributed by atoms with Crippen LogP contribution < -0.4 is 0 Å². The van der Waals surface area contributed by atoms with Crippen LogP contribution in [0.1, 0.15) is 68.1 Å². The molecule has 0 aliphatic carbocycles. The molecule has 0 bridgehead atoms. The Labute approximate surface area is 276 Å². The van der Waals surface area contributed by atoms with Gasteiger partial charge in [-0.2, -0.15) is 5.10 Å². The lowest BCUT2D eigenvalue weighted by Crippen LogP contribution is -2.55. The SMILES string of the molecule is CCOC(=O)c1cnn(CC(C)=C2CN(C(c3ccccc3)(c3ccccc3)c3ccccc3)CCC2O[Si](C)(C)C(C)(C)C)c1. The quantitative estimate of drug-likeness (QED) is 0.0757. The molecule has 1 atom stereocenters. The summed E-state index contributed by atoms with van der Waals surface area (Å²) in [4.78, 5) is 15.0. The second-order valence-electron chi connectivity index (χ2n) is 13.8. The summed E-state index contributed by atoms with van der Waals surface area (Å²) < 4.78 is 14.3. The molecule has 1 saturated heterocycles. The van der Waals surface area contributed by atoms with Gasteiger partial charge in [0.15, 0.2) is 8.32 Å². The third kappa shape index (κ3) is 6.82. The monoisotopic (exact) mass is 635 g/mol. The van der Waals surface area contributed by atoms with E-state index in [4.69, 9.17) is 9.16 Å². The van der Waals surface area contributed by atoms with E-state index >= 15 is 0 Å². The van der Waals surface area contributed by atoms with E-state index in [9.17, 15) is 4.79 Å². The molecule has 0 radical (unpaired) electrons. The van der Waals surface area contributed by atoms with E-state index in [-0.39, 0.29) is 17.1 Å². The van der Waals surface area contributed by atoms with E-state index in [0.717, 1.165) is 19.5 Å². The van der Waals surface area contributed by atoms with Gasteiger partial charge in [0.25, 0.3) is 0 Å². The highest BCUT2D eigenvalue weighted by Gasteiger charge is 2.47. The molecule has 7 heteroatoms. The van der Waals surface area contributed by atoms with Crippen molar-refractivity contribution in [3.8, 4) is 0 Å². The lowest BCUT2D eigenvalue weighted by Gasteiger charge is -2.51. The number of allylic oxidation sites excluding steroid dienone is 1. The molecule has 0 saturated carbocycles. The topological polar surface area (TPSA) is 56.6 Å². The normalized spacial score (nSPS) is 17.5. The number of carbonyl (C=O) groups is 1. The van der Waals surface area contributed by atoms with Crippen LogP contribution in [0.4, 0.5) is 0 Å². The van der Waals surface area contributed by atoms with E-state index in [1.54, 1.807) is 12.4 Å². The summed E-state index contributed by atoms with van der Waals surface area (Å²) in [6.45, 7) is 18.1. The van der Waals surface area contributed by atoms with Gasteiger partial charge >= 0.3 is 5.97 Å². The Balaban J connectivity index is 1.64. The number of hydrogen-bond acceptors (Lipinski definition) is 5. The molecular formula is C39H49N3O3Si. The van der Waals surface area contributed by atoms with Crippen LogP contribution in [0.3, 0.4) is 0 Å². The third-order valence-electron chi connectivity index (χ3n) is 9.79. The Hall–Kier alpha value is -3.78. The Morgan fingerprint density at radius 1 is 0.891 bits per heavy atom. The maximum atomic E-state index is 12.4. The number of nitrogens with zero attached hydrogens (tertiary/aromatic N) is 3. The number of esters is 1. The number of benzene rings is 3. The highest BCUT2D eigenvalue weighted by Crippen LogP contribution is 2.46. The highest BCUT2D eigenvalue weighted by molar-refractivity contribution is 6.74. The van der Waals surface area contributed by atoms with Crippen molar-refractivity contribution in [3.05, 3.63) is 137 Å². The first kappa shape index (κ1) is 33.6. The van der Waals surface area contributed by atoms with Gasteiger partial charge in [0.2, 0.25) is 0 Å². The molecule has 5 rings (SSSR count). The number of hydrogen-bond donors (Lipinski definition) is 0. The first-order valence-corrected chi connectivity index (χ1v) is 19.4. The fourth-order valence-electron chi connectivity index (χ4n) is 6.39. The van der Waals surface area contributed by atoms with Crippen molar-refractivity contribution in [1.29, 1.82) is 0 Å². The lowest BCUT2D eigenvalue weighted by molar-refractivity contribution is 0.0526. The van der Waals surface area contributed by atoms with Crippen LogP contribution in [0.25, 0.3) is 0 Å². The van der Waals surface area contributed by atoms with Crippen LogP contribution in [0.2, 0.25) is 18.1 Å². The van der Waals surface area contributed by atoms with Crippen LogP contribution in [0, 0.1) is 0 Å². The van der Waals surface area contributed by atoms with Crippen LogP contribution in [-0.4, -0.2) is 54.8 Å². The number of likely N-dealkylation sites (tertiary alicyclic amines) is 1. The molecule has 0 spiro atoms. The minimum Gasteiger partial charge on any atom is -0.462 e. The van der Waals surface area contributed by atoms with Crippen molar-refractivity contribution in [3.63, 3.8) is 0 Å². The van der Waals surface area contributed by atoms with Crippen LogP contribution in [-0.2, 0) is 21.2 Å². The average molecular weight is 636 g/mol. The van der Waals surface area contributed by atoms with Gasteiger partial charge in [-0.05, 0) is 66.2 Å². The van der Waals surface area contributed by atoms with Crippen LogP contribution in [0.15, 0.2) is 115 Å². The van der Waals surface area contributed by atoms with Gasteiger partial charge in [-0.25, -0.2) is 4.79 Å². The fourth-order valence-corrected chi connectivity index (χ4v) is 7.72. The van der Waals surface area contributed by atoms with E-state index < -0.39 is 13.9 Å². The third-order valence-corrected chi connectivity index (χ3v) is 14.3. The molecule has 46 heavy (non-hydrogen) atoms. The molecule has 4 aromatic rings. The number of carbonyl (C=O) groups excluding carboxylic acids is 1. The van der Waals surface area contributed by atoms with Gasteiger partial charge in [0.1, 0.15) is 0 Å². The lowest BCUT2D eigenvalue weighted by atomic mass is 9.74. The molecule has 6 nitrogen and oxygen atoms in total.